The molecule has 1 rings (SSSR count). The molecule has 1 unspecified atom stereocenters. The standard InChI is InChI=1S/C10H14ClNO3/c1-14-8-3-6(7(12)5-13)4-9(15-2)10(8)11/h3-4,7,13H,5,12H2,1-2H3. The molecule has 15 heavy (non-hydrogen) atoms. The van der Waals surface area contributed by atoms with Gasteiger partial charge in [-0.1, -0.05) is 11.6 Å². The van der Waals surface area contributed by atoms with Crippen LogP contribution in [0.25, 0.3) is 0 Å². The van der Waals surface area contributed by atoms with Crippen molar-refractivity contribution in [2.75, 3.05) is 20.8 Å². The highest BCUT2D eigenvalue weighted by Crippen LogP contribution is 2.36. The van der Waals surface area contributed by atoms with Gasteiger partial charge in [-0.15, -0.1) is 0 Å². The molecule has 0 amide bonds. The lowest BCUT2D eigenvalue weighted by molar-refractivity contribution is 0.267. The van der Waals surface area contributed by atoms with Crippen molar-refractivity contribution in [2.45, 2.75) is 6.04 Å². The fourth-order valence-corrected chi connectivity index (χ4v) is 1.47. The first-order chi connectivity index (χ1) is 7.13. The highest BCUT2D eigenvalue weighted by atomic mass is 35.5. The molecule has 0 aliphatic carbocycles. The van der Waals surface area contributed by atoms with Gasteiger partial charge in [0.2, 0.25) is 0 Å². The number of hydrogen-bond acceptors (Lipinski definition) is 4. The summed E-state index contributed by atoms with van der Waals surface area (Å²) in [6, 6.07) is 2.90. The van der Waals surface area contributed by atoms with Gasteiger partial charge in [0.05, 0.1) is 26.9 Å². The van der Waals surface area contributed by atoms with Gasteiger partial charge in [0.25, 0.3) is 0 Å². The van der Waals surface area contributed by atoms with Crippen molar-refractivity contribution >= 4 is 11.6 Å². The number of aliphatic hydroxyl groups excluding tert-OH is 1. The molecule has 0 saturated carbocycles. The van der Waals surface area contributed by atoms with Gasteiger partial charge in [-0.05, 0) is 17.7 Å². The van der Waals surface area contributed by atoms with E-state index in [1.165, 1.54) is 14.2 Å². The molecular formula is C10H14ClNO3. The van der Waals surface area contributed by atoms with Crippen molar-refractivity contribution in [3.8, 4) is 11.5 Å². The van der Waals surface area contributed by atoms with E-state index in [1.807, 2.05) is 0 Å². The fourth-order valence-electron chi connectivity index (χ4n) is 1.21. The van der Waals surface area contributed by atoms with Crippen LogP contribution in [0.1, 0.15) is 11.6 Å². The minimum atomic E-state index is -0.468. The number of rotatable bonds is 4. The molecule has 0 bridgehead atoms. The Morgan fingerprint density at radius 3 is 2.13 bits per heavy atom. The molecule has 0 fully saturated rings. The zero-order valence-electron chi connectivity index (χ0n) is 8.66. The van der Waals surface area contributed by atoms with Crippen LogP contribution in [0.5, 0.6) is 11.5 Å². The van der Waals surface area contributed by atoms with Crippen molar-refractivity contribution in [2.24, 2.45) is 5.73 Å². The highest BCUT2D eigenvalue weighted by molar-refractivity contribution is 6.33. The Balaban J connectivity index is 3.20. The largest absolute Gasteiger partial charge is 0.495 e. The minimum absolute atomic E-state index is 0.145. The SMILES string of the molecule is COc1cc(C(N)CO)cc(OC)c1Cl. The number of aliphatic hydroxyl groups is 1. The molecule has 3 N–H and O–H groups in total. The van der Waals surface area contributed by atoms with Crippen LogP contribution in [0, 0.1) is 0 Å². The van der Waals surface area contributed by atoms with E-state index >= 15 is 0 Å². The molecule has 0 spiro atoms. The van der Waals surface area contributed by atoms with Gasteiger partial charge >= 0.3 is 0 Å². The lowest BCUT2D eigenvalue weighted by Crippen LogP contribution is -2.14. The molecule has 0 saturated heterocycles. The van der Waals surface area contributed by atoms with Crippen LogP contribution in [0.4, 0.5) is 0 Å². The summed E-state index contributed by atoms with van der Waals surface area (Å²) in [5, 5.41) is 9.34. The highest BCUT2D eigenvalue weighted by Gasteiger charge is 2.13. The van der Waals surface area contributed by atoms with E-state index < -0.39 is 6.04 Å². The Hall–Kier alpha value is -0.970. The third-order valence-corrected chi connectivity index (χ3v) is 2.47. The summed E-state index contributed by atoms with van der Waals surface area (Å²) in [5.41, 5.74) is 6.41. The van der Waals surface area contributed by atoms with Crippen molar-refractivity contribution in [3.05, 3.63) is 22.7 Å². The first-order valence-corrected chi connectivity index (χ1v) is 4.79. The Morgan fingerprint density at radius 1 is 1.33 bits per heavy atom. The van der Waals surface area contributed by atoms with Crippen LogP contribution in [-0.2, 0) is 0 Å². The van der Waals surface area contributed by atoms with Gasteiger partial charge < -0.3 is 20.3 Å². The third kappa shape index (κ3) is 2.53. The number of ether oxygens (including phenoxy) is 2. The van der Waals surface area contributed by atoms with Gasteiger partial charge in [-0.2, -0.15) is 0 Å². The maximum absolute atomic E-state index is 8.95. The van der Waals surface area contributed by atoms with Crippen LogP contribution >= 0.6 is 11.6 Å². The van der Waals surface area contributed by atoms with Crippen molar-refractivity contribution < 1.29 is 14.6 Å². The van der Waals surface area contributed by atoms with E-state index in [0.717, 1.165) is 5.56 Å². The van der Waals surface area contributed by atoms with E-state index in [2.05, 4.69) is 0 Å². The van der Waals surface area contributed by atoms with E-state index in [-0.39, 0.29) is 6.61 Å². The first kappa shape index (κ1) is 12.1. The van der Waals surface area contributed by atoms with Crippen LogP contribution in [-0.4, -0.2) is 25.9 Å². The topological polar surface area (TPSA) is 64.7 Å². The molecule has 1 aromatic rings. The lowest BCUT2D eigenvalue weighted by Gasteiger charge is -2.14. The summed E-state index contributed by atoms with van der Waals surface area (Å²) >= 11 is 5.98. The number of methoxy groups -OCH3 is 2. The molecule has 4 nitrogen and oxygen atoms in total. The molecule has 1 atom stereocenters. The molecule has 0 radical (unpaired) electrons. The quantitative estimate of drug-likeness (QED) is 0.821. The van der Waals surface area contributed by atoms with Gasteiger partial charge in [0, 0.05) is 0 Å². The maximum Gasteiger partial charge on any atom is 0.141 e. The Bertz CT molecular complexity index is 318. The second-order valence-corrected chi connectivity index (χ2v) is 3.41. The van der Waals surface area contributed by atoms with Crippen LogP contribution in [0.2, 0.25) is 5.02 Å². The Morgan fingerprint density at radius 2 is 1.80 bits per heavy atom. The summed E-state index contributed by atoms with van der Waals surface area (Å²) in [5.74, 6) is 0.963. The fraction of sp³-hybridized carbons (Fsp3) is 0.400. The predicted octanol–water partition coefficient (Wildman–Crippen LogP) is 1.35. The second kappa shape index (κ2) is 5.21. The Kier molecular flexibility index (Phi) is 4.20. The van der Waals surface area contributed by atoms with E-state index in [1.54, 1.807) is 12.1 Å². The number of hydrogen-bond donors (Lipinski definition) is 2. The van der Waals surface area contributed by atoms with Crippen molar-refractivity contribution in [3.63, 3.8) is 0 Å². The summed E-state index contributed by atoms with van der Waals surface area (Å²) in [6.07, 6.45) is 0. The number of halogens is 1. The molecule has 0 aromatic heterocycles. The number of benzene rings is 1. The van der Waals surface area contributed by atoms with Gasteiger partial charge in [0.1, 0.15) is 16.5 Å². The Labute approximate surface area is 93.6 Å². The molecule has 84 valence electrons. The van der Waals surface area contributed by atoms with E-state index in [0.29, 0.717) is 16.5 Å². The summed E-state index contributed by atoms with van der Waals surface area (Å²) in [4.78, 5) is 0. The average molecular weight is 232 g/mol. The third-order valence-electron chi connectivity index (χ3n) is 2.09. The van der Waals surface area contributed by atoms with Gasteiger partial charge in [-0.3, -0.25) is 0 Å². The van der Waals surface area contributed by atoms with Crippen LogP contribution in [0.15, 0.2) is 12.1 Å². The summed E-state index contributed by atoms with van der Waals surface area (Å²) in [7, 11) is 3.02. The summed E-state index contributed by atoms with van der Waals surface area (Å²) < 4.78 is 10.1. The normalized spacial score (nSPS) is 12.3. The zero-order chi connectivity index (χ0) is 11.4. The van der Waals surface area contributed by atoms with Crippen LogP contribution < -0.4 is 15.2 Å². The second-order valence-electron chi connectivity index (χ2n) is 3.03. The molecule has 0 heterocycles. The average Bonchev–Trinajstić information content (AvgIpc) is 2.28. The molecule has 1 aromatic carbocycles. The molecular weight excluding hydrogens is 218 g/mol. The first-order valence-electron chi connectivity index (χ1n) is 4.41. The van der Waals surface area contributed by atoms with Crippen molar-refractivity contribution in [1.82, 2.24) is 0 Å². The predicted molar refractivity (Wildman–Crippen MR) is 58.6 cm³/mol. The smallest absolute Gasteiger partial charge is 0.141 e. The molecule has 5 heteroatoms. The molecule has 0 aliphatic heterocycles. The number of nitrogens with two attached hydrogens (primary N) is 1. The van der Waals surface area contributed by atoms with Gasteiger partial charge in [0.15, 0.2) is 0 Å². The summed E-state index contributed by atoms with van der Waals surface area (Å²) in [6.45, 7) is -0.145. The van der Waals surface area contributed by atoms with Crippen LogP contribution in [0.3, 0.4) is 0 Å². The van der Waals surface area contributed by atoms with Crippen molar-refractivity contribution in [1.29, 1.82) is 0 Å². The molecule has 0 aliphatic rings. The minimum Gasteiger partial charge on any atom is -0.495 e. The van der Waals surface area contributed by atoms with Gasteiger partial charge in [-0.25, -0.2) is 0 Å². The van der Waals surface area contributed by atoms with E-state index in [9.17, 15) is 0 Å². The monoisotopic (exact) mass is 231 g/mol. The zero-order valence-corrected chi connectivity index (χ0v) is 9.41. The lowest BCUT2D eigenvalue weighted by atomic mass is 10.1. The van der Waals surface area contributed by atoms with E-state index in [4.69, 9.17) is 31.9 Å². The maximum atomic E-state index is 8.95.